The van der Waals surface area contributed by atoms with Crippen LogP contribution in [0, 0.1) is 17.1 Å². The maximum atomic E-state index is 13.5. The minimum absolute atomic E-state index is 0.0371. The molecule has 2 aromatic rings. The number of halogens is 1. The fourth-order valence-electron chi connectivity index (χ4n) is 2.82. The molecule has 1 aliphatic rings. The van der Waals surface area contributed by atoms with E-state index in [1.807, 2.05) is 0 Å². The number of para-hydroxylation sites is 1. The molecule has 4 nitrogen and oxygen atoms in total. The standard InChI is InChI=1S/C18H17FN2O2S/c19-14-7-4-5-8-15(14)23-11-17(22)21-18-13(10-20)12-6-2-1-3-9-16(12)24-18/h4-5,7-8H,1-3,6,9,11H2,(H,21,22). The Kier molecular flexibility index (Phi) is 5.11. The summed E-state index contributed by atoms with van der Waals surface area (Å²) in [4.78, 5) is 13.3. The quantitative estimate of drug-likeness (QED) is 0.851. The van der Waals surface area contributed by atoms with Crippen molar-refractivity contribution in [3.05, 3.63) is 46.1 Å². The number of nitriles is 1. The van der Waals surface area contributed by atoms with Crippen LogP contribution in [0.2, 0.25) is 0 Å². The van der Waals surface area contributed by atoms with Gasteiger partial charge in [-0.1, -0.05) is 18.6 Å². The number of rotatable bonds is 4. The third-order valence-electron chi connectivity index (χ3n) is 3.98. The molecule has 0 fully saturated rings. The van der Waals surface area contributed by atoms with Gasteiger partial charge in [0.15, 0.2) is 18.2 Å². The van der Waals surface area contributed by atoms with Crippen LogP contribution in [0.5, 0.6) is 5.75 Å². The molecule has 1 aromatic heterocycles. The van der Waals surface area contributed by atoms with Gasteiger partial charge in [0.1, 0.15) is 11.1 Å². The Labute approximate surface area is 143 Å². The lowest BCUT2D eigenvalue weighted by Gasteiger charge is -2.07. The summed E-state index contributed by atoms with van der Waals surface area (Å²) in [6, 6.07) is 8.15. The lowest BCUT2D eigenvalue weighted by atomic mass is 10.1. The topological polar surface area (TPSA) is 62.1 Å². The number of aryl methyl sites for hydroxylation is 1. The largest absolute Gasteiger partial charge is 0.481 e. The zero-order valence-electron chi connectivity index (χ0n) is 13.1. The van der Waals surface area contributed by atoms with Gasteiger partial charge in [-0.25, -0.2) is 4.39 Å². The second-order valence-corrected chi connectivity index (χ2v) is 6.75. The predicted octanol–water partition coefficient (Wildman–Crippen LogP) is 4.05. The maximum Gasteiger partial charge on any atom is 0.262 e. The van der Waals surface area contributed by atoms with E-state index in [0.717, 1.165) is 31.2 Å². The van der Waals surface area contributed by atoms with Crippen molar-refractivity contribution in [2.75, 3.05) is 11.9 Å². The number of carbonyl (C=O) groups is 1. The Balaban J connectivity index is 1.69. The van der Waals surface area contributed by atoms with E-state index in [4.69, 9.17) is 4.74 Å². The van der Waals surface area contributed by atoms with E-state index in [2.05, 4.69) is 11.4 Å². The lowest BCUT2D eigenvalue weighted by Crippen LogP contribution is -2.20. The number of carbonyl (C=O) groups excluding carboxylic acids is 1. The van der Waals surface area contributed by atoms with E-state index in [-0.39, 0.29) is 12.4 Å². The average molecular weight is 344 g/mol. The number of hydrogen-bond donors (Lipinski definition) is 1. The van der Waals surface area contributed by atoms with Crippen molar-refractivity contribution in [1.29, 1.82) is 5.26 Å². The fourth-order valence-corrected chi connectivity index (χ4v) is 4.07. The van der Waals surface area contributed by atoms with Crippen LogP contribution in [0.4, 0.5) is 9.39 Å². The second-order valence-electron chi connectivity index (χ2n) is 5.65. The van der Waals surface area contributed by atoms with E-state index in [0.29, 0.717) is 10.6 Å². The molecule has 1 heterocycles. The molecule has 0 atom stereocenters. The Morgan fingerprint density at radius 2 is 2.08 bits per heavy atom. The summed E-state index contributed by atoms with van der Waals surface area (Å²) in [5, 5.41) is 12.8. The molecule has 1 aromatic carbocycles. The van der Waals surface area contributed by atoms with Crippen molar-refractivity contribution >= 4 is 22.2 Å². The van der Waals surface area contributed by atoms with Crippen LogP contribution < -0.4 is 10.1 Å². The Bertz CT molecular complexity index is 795. The van der Waals surface area contributed by atoms with Crippen molar-refractivity contribution in [1.82, 2.24) is 0 Å². The summed E-state index contributed by atoms with van der Waals surface area (Å²) in [7, 11) is 0. The Morgan fingerprint density at radius 1 is 1.29 bits per heavy atom. The first kappa shape index (κ1) is 16.5. The highest BCUT2D eigenvalue weighted by atomic mass is 32.1. The average Bonchev–Trinajstić information content (AvgIpc) is 2.74. The highest BCUT2D eigenvalue weighted by Crippen LogP contribution is 2.36. The van der Waals surface area contributed by atoms with E-state index in [9.17, 15) is 14.4 Å². The predicted molar refractivity (Wildman–Crippen MR) is 90.8 cm³/mol. The number of hydrogen-bond acceptors (Lipinski definition) is 4. The molecule has 0 spiro atoms. The van der Waals surface area contributed by atoms with Gasteiger partial charge in [0.25, 0.3) is 5.91 Å². The van der Waals surface area contributed by atoms with Crippen LogP contribution >= 0.6 is 11.3 Å². The van der Waals surface area contributed by atoms with Crippen molar-refractivity contribution in [2.24, 2.45) is 0 Å². The molecular formula is C18H17FN2O2S. The number of nitrogens with one attached hydrogen (secondary N) is 1. The number of amides is 1. The molecule has 0 radical (unpaired) electrons. The molecule has 1 aliphatic carbocycles. The molecular weight excluding hydrogens is 327 g/mol. The second kappa shape index (κ2) is 7.45. The molecule has 1 amide bonds. The molecule has 0 bridgehead atoms. The zero-order valence-corrected chi connectivity index (χ0v) is 13.9. The summed E-state index contributed by atoms with van der Waals surface area (Å²) >= 11 is 1.47. The minimum Gasteiger partial charge on any atom is -0.481 e. The van der Waals surface area contributed by atoms with Crippen molar-refractivity contribution in [2.45, 2.75) is 32.1 Å². The SMILES string of the molecule is N#Cc1c(NC(=O)COc2ccccc2F)sc2c1CCCCC2. The summed E-state index contributed by atoms with van der Waals surface area (Å²) in [5.41, 5.74) is 1.64. The minimum atomic E-state index is -0.508. The lowest BCUT2D eigenvalue weighted by molar-refractivity contribution is -0.118. The molecule has 6 heteroatoms. The highest BCUT2D eigenvalue weighted by molar-refractivity contribution is 7.16. The number of fused-ring (bicyclic) bond motifs is 1. The molecule has 0 saturated heterocycles. The van der Waals surface area contributed by atoms with Gasteiger partial charge >= 0.3 is 0 Å². The van der Waals surface area contributed by atoms with Crippen LogP contribution in [-0.4, -0.2) is 12.5 Å². The summed E-state index contributed by atoms with van der Waals surface area (Å²) in [6.07, 6.45) is 5.20. The highest BCUT2D eigenvalue weighted by Gasteiger charge is 2.21. The summed E-state index contributed by atoms with van der Waals surface area (Å²) < 4.78 is 18.7. The third kappa shape index (κ3) is 3.57. The zero-order chi connectivity index (χ0) is 16.9. The van der Waals surface area contributed by atoms with E-state index < -0.39 is 11.7 Å². The van der Waals surface area contributed by atoms with Crippen LogP contribution in [-0.2, 0) is 17.6 Å². The Hall–Kier alpha value is -2.39. The number of benzene rings is 1. The van der Waals surface area contributed by atoms with Gasteiger partial charge in [-0.15, -0.1) is 11.3 Å². The smallest absolute Gasteiger partial charge is 0.262 e. The molecule has 0 aliphatic heterocycles. The molecule has 24 heavy (non-hydrogen) atoms. The number of anilines is 1. The fraction of sp³-hybridized carbons (Fsp3) is 0.333. The van der Waals surface area contributed by atoms with Crippen LogP contribution in [0.15, 0.2) is 24.3 Å². The third-order valence-corrected chi connectivity index (χ3v) is 5.19. The van der Waals surface area contributed by atoms with E-state index in [1.54, 1.807) is 12.1 Å². The number of nitrogens with zero attached hydrogens (tertiary/aromatic N) is 1. The number of ether oxygens (including phenoxy) is 1. The summed E-state index contributed by atoms with van der Waals surface area (Å²) in [6.45, 7) is -0.297. The van der Waals surface area contributed by atoms with Crippen LogP contribution in [0.1, 0.15) is 35.3 Å². The first-order valence-corrected chi connectivity index (χ1v) is 8.72. The van der Waals surface area contributed by atoms with Crippen molar-refractivity contribution in [3.63, 3.8) is 0 Å². The van der Waals surface area contributed by atoms with E-state index >= 15 is 0 Å². The molecule has 0 saturated carbocycles. The van der Waals surface area contributed by atoms with Gasteiger partial charge in [-0.2, -0.15) is 5.26 Å². The normalized spacial score (nSPS) is 13.5. The summed E-state index contributed by atoms with van der Waals surface area (Å²) in [5.74, 6) is -0.868. The molecule has 124 valence electrons. The van der Waals surface area contributed by atoms with Gasteiger partial charge in [0.2, 0.25) is 0 Å². The first-order chi connectivity index (χ1) is 11.7. The van der Waals surface area contributed by atoms with E-state index in [1.165, 1.54) is 34.8 Å². The maximum absolute atomic E-state index is 13.5. The molecule has 0 unspecified atom stereocenters. The molecule has 3 rings (SSSR count). The van der Waals surface area contributed by atoms with Gasteiger partial charge < -0.3 is 10.1 Å². The Morgan fingerprint density at radius 3 is 2.88 bits per heavy atom. The van der Waals surface area contributed by atoms with Gasteiger partial charge in [-0.05, 0) is 43.4 Å². The van der Waals surface area contributed by atoms with Gasteiger partial charge in [0, 0.05) is 4.88 Å². The van der Waals surface area contributed by atoms with Crippen molar-refractivity contribution < 1.29 is 13.9 Å². The molecule has 1 N–H and O–H groups in total. The monoisotopic (exact) mass is 344 g/mol. The van der Waals surface area contributed by atoms with Crippen LogP contribution in [0.3, 0.4) is 0 Å². The number of thiophene rings is 1. The first-order valence-electron chi connectivity index (χ1n) is 7.91. The van der Waals surface area contributed by atoms with Gasteiger partial charge in [-0.3, -0.25) is 4.79 Å². The van der Waals surface area contributed by atoms with Crippen molar-refractivity contribution in [3.8, 4) is 11.8 Å². The van der Waals surface area contributed by atoms with Crippen LogP contribution in [0.25, 0.3) is 0 Å². The van der Waals surface area contributed by atoms with Gasteiger partial charge in [0.05, 0.1) is 5.56 Å².